The minimum atomic E-state index is -0.0818. The first-order chi connectivity index (χ1) is 33.6. The number of rotatable bonds is 6. The lowest BCUT2D eigenvalue weighted by molar-refractivity contribution is 1.23. The van der Waals surface area contributed by atoms with Gasteiger partial charge in [-0.3, -0.25) is 0 Å². The zero-order valence-electron chi connectivity index (χ0n) is 37.7. The van der Waals surface area contributed by atoms with Crippen molar-refractivity contribution < 1.29 is 0 Å². The Hall–Kier alpha value is -6.29. The monoisotopic (exact) mass is 942 g/mol. The van der Waals surface area contributed by atoms with Gasteiger partial charge in [-0.15, -0.1) is 47.0 Å². The topological polar surface area (TPSA) is 16.3 Å². The Bertz CT molecular complexity index is 3760. The molecule has 10 heteroatoms. The summed E-state index contributed by atoms with van der Waals surface area (Å²) in [6.07, 6.45) is 8.80. The molecule has 4 nitrogen and oxygen atoms in total. The van der Waals surface area contributed by atoms with Crippen LogP contribution in [0.15, 0.2) is 189 Å². The number of benzene rings is 9. The van der Waals surface area contributed by atoms with Crippen LogP contribution in [0.4, 0.5) is 34.1 Å². The van der Waals surface area contributed by atoms with Crippen LogP contribution in [-0.4, -0.2) is 47.7 Å². The molecule has 2 aromatic heterocycles. The summed E-state index contributed by atoms with van der Waals surface area (Å²) in [5.41, 5.74) is 23.0. The molecule has 0 saturated carbocycles. The minimum absolute atomic E-state index is 0.0818. The van der Waals surface area contributed by atoms with Gasteiger partial charge in [-0.05, 0) is 161 Å². The SMILES string of the molecule is CSc1ccc2c(c1)c1cc(SC)cc3c1n2B1c2cc4c(cc2N(c2ccccc2)c2cccc-3c21)N(c1ccccc1)c1cccc2c1B4n1c3ccc(SC)cc3c3cc(SC)cc-2c31. The van der Waals surface area contributed by atoms with Crippen LogP contribution in [0, 0.1) is 0 Å². The van der Waals surface area contributed by atoms with E-state index in [0.29, 0.717) is 0 Å². The third-order valence-electron chi connectivity index (χ3n) is 15.2. The van der Waals surface area contributed by atoms with Crippen LogP contribution in [0.2, 0.25) is 0 Å². The highest BCUT2D eigenvalue weighted by Gasteiger charge is 2.48. The molecule has 0 unspecified atom stereocenters. The van der Waals surface area contributed by atoms with Crippen molar-refractivity contribution in [2.24, 2.45) is 0 Å². The summed E-state index contributed by atoms with van der Waals surface area (Å²) < 4.78 is 5.44. The van der Waals surface area contributed by atoms with Gasteiger partial charge in [0.15, 0.2) is 0 Å². The molecule has 0 spiro atoms. The highest BCUT2D eigenvalue weighted by atomic mass is 32.2. The van der Waals surface area contributed by atoms with Crippen molar-refractivity contribution in [2.75, 3.05) is 34.8 Å². The van der Waals surface area contributed by atoms with Crippen LogP contribution < -0.4 is 31.7 Å². The van der Waals surface area contributed by atoms with E-state index in [2.05, 4.69) is 214 Å². The van der Waals surface area contributed by atoms with E-state index in [9.17, 15) is 0 Å². The number of thioether (sulfide) groups is 4. The zero-order valence-corrected chi connectivity index (χ0v) is 41.0. The molecule has 68 heavy (non-hydrogen) atoms. The predicted octanol–water partition coefficient (Wildman–Crippen LogP) is 13.6. The molecular weight excluding hydrogens is 903 g/mol. The van der Waals surface area contributed by atoms with Crippen LogP contribution >= 0.6 is 47.0 Å². The van der Waals surface area contributed by atoms with Crippen molar-refractivity contribution in [3.63, 3.8) is 0 Å². The molecule has 9 aromatic carbocycles. The quantitative estimate of drug-likeness (QED) is 0.121. The summed E-state index contributed by atoms with van der Waals surface area (Å²) in [5, 5.41) is 5.28. The smallest absolute Gasteiger partial charge is 0.333 e. The van der Waals surface area contributed by atoms with E-state index >= 15 is 0 Å². The van der Waals surface area contributed by atoms with Crippen LogP contribution in [0.3, 0.4) is 0 Å². The van der Waals surface area contributed by atoms with E-state index in [1.165, 1.54) is 130 Å². The van der Waals surface area contributed by atoms with Crippen molar-refractivity contribution >= 4 is 160 Å². The number of hydrogen-bond acceptors (Lipinski definition) is 6. The number of nitrogens with zero attached hydrogens (tertiary/aromatic N) is 4. The summed E-state index contributed by atoms with van der Waals surface area (Å²) in [5.74, 6) is 0. The molecular formula is C58H40B2N4S4. The Morgan fingerprint density at radius 3 is 1.19 bits per heavy atom. The van der Waals surface area contributed by atoms with Crippen molar-refractivity contribution in [1.29, 1.82) is 0 Å². The fourth-order valence-corrected chi connectivity index (χ4v) is 14.3. The summed E-state index contributed by atoms with van der Waals surface area (Å²) in [4.78, 5) is 10.3. The first kappa shape index (κ1) is 39.7. The van der Waals surface area contributed by atoms with Crippen LogP contribution in [0.25, 0.3) is 65.9 Å². The van der Waals surface area contributed by atoms with E-state index in [-0.39, 0.29) is 13.7 Å². The zero-order chi connectivity index (χ0) is 45.1. The Balaban J connectivity index is 1.12. The summed E-state index contributed by atoms with van der Waals surface area (Å²) in [7, 11) is 0. The van der Waals surface area contributed by atoms with Crippen molar-refractivity contribution in [3.05, 3.63) is 170 Å². The second kappa shape index (κ2) is 14.6. The van der Waals surface area contributed by atoms with Gasteiger partial charge in [0.05, 0.1) is 0 Å². The van der Waals surface area contributed by atoms with Gasteiger partial charge in [0.2, 0.25) is 0 Å². The van der Waals surface area contributed by atoms with Gasteiger partial charge in [0, 0.05) is 108 Å². The number of aromatic nitrogens is 2. The van der Waals surface area contributed by atoms with E-state index in [0.717, 1.165) is 11.4 Å². The number of para-hydroxylation sites is 2. The van der Waals surface area contributed by atoms with Gasteiger partial charge >= 0.3 is 13.7 Å². The van der Waals surface area contributed by atoms with Gasteiger partial charge in [0.1, 0.15) is 0 Å². The Morgan fingerprint density at radius 2 is 0.765 bits per heavy atom. The van der Waals surface area contributed by atoms with Gasteiger partial charge in [-0.2, -0.15) is 0 Å². The molecule has 0 saturated heterocycles. The highest BCUT2D eigenvalue weighted by molar-refractivity contribution is 7.99. The maximum Gasteiger partial charge on any atom is 0.333 e. The van der Waals surface area contributed by atoms with Crippen molar-refractivity contribution in [3.8, 4) is 22.3 Å². The lowest BCUT2D eigenvalue weighted by atomic mass is 9.41. The molecule has 6 heterocycles. The molecule has 0 amide bonds. The molecule has 4 aliphatic heterocycles. The molecule has 0 bridgehead atoms. The van der Waals surface area contributed by atoms with Gasteiger partial charge < -0.3 is 18.8 Å². The molecule has 0 radical (unpaired) electrons. The lowest BCUT2D eigenvalue weighted by Crippen LogP contribution is -2.61. The van der Waals surface area contributed by atoms with Gasteiger partial charge in [-0.1, -0.05) is 66.7 Å². The predicted molar refractivity (Wildman–Crippen MR) is 301 cm³/mol. The Morgan fingerprint density at radius 1 is 0.338 bits per heavy atom. The molecule has 0 fully saturated rings. The molecule has 11 aromatic rings. The summed E-state index contributed by atoms with van der Waals surface area (Å²) in [6, 6.07) is 65.5. The van der Waals surface area contributed by atoms with E-state index < -0.39 is 0 Å². The second-order valence-corrected chi connectivity index (χ2v) is 21.8. The standard InChI is InChI=1S/C58H40B2N4S4/c1-65-35-21-23-49-41(25-35)45-29-37(67-3)27-43-39-17-11-19-51-55(39)59(63(49)57(43)45)47-31-48-54(32-53(47)61(51)33-13-7-5-8-14-33)62(34-15-9-6-10-16-34)52-20-12-18-40-44-28-38(68-4)30-46-42-26-36(66-2)22-24-50(42)64(58(44)46)60(48)56(40)52/h5-32H,1-4H3. The molecule has 0 aliphatic carbocycles. The third-order valence-corrected chi connectivity index (χ3v) is 18.1. The highest BCUT2D eigenvalue weighted by Crippen LogP contribution is 2.51. The first-order valence-electron chi connectivity index (χ1n) is 23.1. The summed E-state index contributed by atoms with van der Waals surface area (Å²) >= 11 is 7.30. The van der Waals surface area contributed by atoms with Crippen molar-refractivity contribution in [2.45, 2.75) is 19.6 Å². The average molecular weight is 943 g/mol. The number of hydrogen-bond donors (Lipinski definition) is 0. The average Bonchev–Trinajstić information content (AvgIpc) is 3.90. The number of fused-ring (bicyclic) bond motifs is 14. The first-order valence-corrected chi connectivity index (χ1v) is 28.0. The van der Waals surface area contributed by atoms with E-state index in [4.69, 9.17) is 0 Å². The Kier molecular flexibility index (Phi) is 8.53. The van der Waals surface area contributed by atoms with Gasteiger partial charge in [0.25, 0.3) is 0 Å². The number of anilines is 6. The largest absolute Gasteiger partial charge is 0.375 e. The normalized spacial score (nSPS) is 13.7. The minimum Gasteiger partial charge on any atom is -0.375 e. The van der Waals surface area contributed by atoms with Gasteiger partial charge in [-0.25, -0.2) is 0 Å². The summed E-state index contributed by atoms with van der Waals surface area (Å²) in [6.45, 7) is -0.164. The van der Waals surface area contributed by atoms with E-state index in [1.54, 1.807) is 0 Å². The molecule has 322 valence electrons. The molecule has 0 atom stereocenters. The second-order valence-electron chi connectivity index (χ2n) is 18.2. The van der Waals surface area contributed by atoms with Crippen LogP contribution in [0.5, 0.6) is 0 Å². The molecule has 4 aliphatic rings. The fraction of sp³-hybridized carbons (Fsp3) is 0.0690. The molecule has 0 N–H and O–H groups in total. The lowest BCUT2D eigenvalue weighted by Gasteiger charge is -2.44. The third kappa shape index (κ3) is 5.16. The van der Waals surface area contributed by atoms with Crippen LogP contribution in [0.1, 0.15) is 0 Å². The van der Waals surface area contributed by atoms with Crippen molar-refractivity contribution in [1.82, 2.24) is 8.96 Å². The maximum absolute atomic E-state index is 2.72. The fourth-order valence-electron chi connectivity index (χ4n) is 12.5. The molecule has 15 rings (SSSR count). The maximum atomic E-state index is 2.72. The van der Waals surface area contributed by atoms with E-state index in [1.807, 2.05) is 47.0 Å². The van der Waals surface area contributed by atoms with Crippen LogP contribution in [-0.2, 0) is 0 Å². The Labute approximate surface area is 412 Å².